The van der Waals surface area contributed by atoms with Gasteiger partial charge in [-0.15, -0.1) is 10.2 Å². The van der Waals surface area contributed by atoms with Gasteiger partial charge in [0.1, 0.15) is 0 Å². The Morgan fingerprint density at radius 3 is 2.34 bits per heavy atom. The Balaban J connectivity index is 1.50. The number of benzene rings is 1. The fourth-order valence-corrected chi connectivity index (χ4v) is 3.73. The number of nitro groups is 2. The zero-order chi connectivity index (χ0) is 20.8. The summed E-state index contributed by atoms with van der Waals surface area (Å²) in [6.07, 6.45) is 1.61. The van der Waals surface area contributed by atoms with Crippen LogP contribution in [0.3, 0.4) is 0 Å². The molecule has 0 N–H and O–H groups in total. The molecule has 0 saturated carbocycles. The summed E-state index contributed by atoms with van der Waals surface area (Å²) in [6.45, 7) is 5.28. The van der Waals surface area contributed by atoms with Crippen molar-refractivity contribution in [2.45, 2.75) is 23.8 Å². The van der Waals surface area contributed by atoms with Gasteiger partial charge in [0.15, 0.2) is 0 Å². The summed E-state index contributed by atoms with van der Waals surface area (Å²) in [5.74, 6) is 0.803. The molecule has 2 heterocycles. The normalized spacial score (nSPS) is 15.5. The molecule has 3 rings (SSSR count). The predicted molar refractivity (Wildman–Crippen MR) is 106 cm³/mol. The molecular formula is C17H22N6O5S. The molecule has 1 aliphatic rings. The Labute approximate surface area is 171 Å². The Morgan fingerprint density at radius 1 is 1.07 bits per heavy atom. The summed E-state index contributed by atoms with van der Waals surface area (Å²) >= 11 is 1.20. The van der Waals surface area contributed by atoms with E-state index in [4.69, 9.17) is 4.42 Å². The molecule has 1 aromatic carbocycles. The van der Waals surface area contributed by atoms with Crippen LogP contribution in [0.2, 0.25) is 0 Å². The van der Waals surface area contributed by atoms with E-state index in [0.29, 0.717) is 23.1 Å². The van der Waals surface area contributed by atoms with Crippen molar-refractivity contribution in [3.8, 4) is 0 Å². The first kappa shape index (κ1) is 21.1. The lowest BCUT2D eigenvalue weighted by molar-refractivity contribution is -0.394. The van der Waals surface area contributed by atoms with Crippen LogP contribution in [0.1, 0.15) is 17.9 Å². The minimum Gasteiger partial charge on any atom is -0.416 e. The molecule has 0 radical (unpaired) electrons. The third kappa shape index (κ3) is 6.21. The Kier molecular flexibility index (Phi) is 7.12. The van der Waals surface area contributed by atoms with E-state index in [1.54, 1.807) is 0 Å². The van der Waals surface area contributed by atoms with Crippen LogP contribution >= 0.6 is 11.8 Å². The van der Waals surface area contributed by atoms with Crippen LogP contribution in [-0.2, 0) is 12.2 Å². The van der Waals surface area contributed by atoms with E-state index < -0.39 is 9.85 Å². The molecule has 11 nitrogen and oxygen atoms in total. The van der Waals surface area contributed by atoms with Gasteiger partial charge in [0.25, 0.3) is 16.6 Å². The van der Waals surface area contributed by atoms with Crippen LogP contribution in [0.25, 0.3) is 0 Å². The summed E-state index contributed by atoms with van der Waals surface area (Å²) in [4.78, 5) is 25.4. The molecule has 1 fully saturated rings. The number of hydrogen-bond acceptors (Lipinski definition) is 10. The van der Waals surface area contributed by atoms with Gasteiger partial charge >= 0.3 is 0 Å². The molecule has 29 heavy (non-hydrogen) atoms. The maximum Gasteiger partial charge on any atom is 0.276 e. The molecule has 12 heteroatoms. The van der Waals surface area contributed by atoms with Gasteiger partial charge in [0.2, 0.25) is 5.89 Å². The van der Waals surface area contributed by atoms with Crippen LogP contribution in [0.4, 0.5) is 11.4 Å². The molecule has 0 bridgehead atoms. The van der Waals surface area contributed by atoms with Gasteiger partial charge in [0, 0.05) is 50.5 Å². The van der Waals surface area contributed by atoms with E-state index in [2.05, 4.69) is 27.0 Å². The maximum absolute atomic E-state index is 11.0. The van der Waals surface area contributed by atoms with Crippen molar-refractivity contribution in [3.05, 3.63) is 49.9 Å². The fourth-order valence-electron chi connectivity index (χ4n) is 3.02. The number of aromatic nitrogens is 2. The zero-order valence-corrected chi connectivity index (χ0v) is 16.8. The van der Waals surface area contributed by atoms with E-state index >= 15 is 0 Å². The first-order valence-corrected chi connectivity index (χ1v) is 10.2. The third-order valence-corrected chi connectivity index (χ3v) is 5.55. The van der Waals surface area contributed by atoms with Gasteiger partial charge in [-0.1, -0.05) is 11.8 Å². The number of nitro benzene ring substituents is 2. The van der Waals surface area contributed by atoms with Crippen molar-refractivity contribution in [3.63, 3.8) is 0 Å². The molecule has 0 unspecified atom stereocenters. The highest BCUT2D eigenvalue weighted by Crippen LogP contribution is 2.28. The summed E-state index contributed by atoms with van der Waals surface area (Å²) in [7, 11) is 2.13. The second-order valence-electron chi connectivity index (χ2n) is 6.87. The van der Waals surface area contributed by atoms with Gasteiger partial charge in [-0.25, -0.2) is 0 Å². The number of thioether (sulfide) groups is 1. The smallest absolute Gasteiger partial charge is 0.276 e. The summed E-state index contributed by atoms with van der Waals surface area (Å²) < 4.78 is 5.61. The van der Waals surface area contributed by atoms with Gasteiger partial charge in [-0.2, -0.15) is 0 Å². The minimum absolute atomic E-state index is 0.255. The van der Waals surface area contributed by atoms with E-state index in [1.807, 2.05) is 0 Å². The van der Waals surface area contributed by atoms with E-state index in [1.165, 1.54) is 23.9 Å². The van der Waals surface area contributed by atoms with Crippen LogP contribution < -0.4 is 0 Å². The van der Waals surface area contributed by atoms with Crippen LogP contribution in [-0.4, -0.2) is 69.6 Å². The highest BCUT2D eigenvalue weighted by molar-refractivity contribution is 7.98. The van der Waals surface area contributed by atoms with E-state index in [-0.39, 0.29) is 17.1 Å². The molecule has 0 aliphatic carbocycles. The average molecular weight is 422 g/mol. The lowest BCUT2D eigenvalue weighted by Crippen LogP contribution is -2.44. The van der Waals surface area contributed by atoms with Crippen molar-refractivity contribution in [2.75, 3.05) is 39.8 Å². The van der Waals surface area contributed by atoms with Crippen molar-refractivity contribution in [2.24, 2.45) is 0 Å². The quantitative estimate of drug-likeness (QED) is 0.337. The zero-order valence-electron chi connectivity index (χ0n) is 16.0. The van der Waals surface area contributed by atoms with Crippen LogP contribution in [0.15, 0.2) is 27.8 Å². The third-order valence-electron chi connectivity index (χ3n) is 4.66. The second kappa shape index (κ2) is 9.76. The fraction of sp³-hybridized carbons (Fsp3) is 0.529. The number of hydrogen-bond donors (Lipinski definition) is 0. The molecule has 1 aromatic heterocycles. The van der Waals surface area contributed by atoms with Crippen molar-refractivity contribution < 1.29 is 14.3 Å². The largest absolute Gasteiger partial charge is 0.416 e. The second-order valence-corrected chi connectivity index (χ2v) is 7.80. The van der Waals surface area contributed by atoms with Crippen molar-refractivity contribution in [1.82, 2.24) is 20.0 Å². The SMILES string of the molecule is CN1CCN(CCCc2nnc(SCc3cc([N+](=O)[O-])cc([N+](=O)[O-])c3)o2)CC1. The number of likely N-dealkylation sites (N-methyl/N-ethyl adjacent to an activating group) is 1. The summed E-state index contributed by atoms with van der Waals surface area (Å²) in [6, 6.07) is 3.57. The highest BCUT2D eigenvalue weighted by Gasteiger charge is 2.18. The molecule has 0 spiro atoms. The van der Waals surface area contributed by atoms with Gasteiger partial charge in [0.05, 0.1) is 15.9 Å². The number of non-ortho nitro benzene ring substituents is 2. The Morgan fingerprint density at radius 2 is 1.72 bits per heavy atom. The molecule has 1 saturated heterocycles. The van der Waals surface area contributed by atoms with Crippen molar-refractivity contribution in [1.29, 1.82) is 0 Å². The Hall–Kier alpha value is -2.57. The summed E-state index contributed by atoms with van der Waals surface area (Å²) in [5, 5.41) is 30.3. The number of nitrogens with zero attached hydrogens (tertiary/aromatic N) is 6. The number of piperazine rings is 1. The van der Waals surface area contributed by atoms with E-state index in [9.17, 15) is 20.2 Å². The highest BCUT2D eigenvalue weighted by atomic mass is 32.2. The first-order valence-electron chi connectivity index (χ1n) is 9.19. The molecule has 2 aromatic rings. The number of rotatable bonds is 9. The van der Waals surface area contributed by atoms with E-state index in [0.717, 1.165) is 45.2 Å². The molecular weight excluding hydrogens is 400 g/mol. The maximum atomic E-state index is 11.0. The average Bonchev–Trinajstić information content (AvgIpc) is 3.15. The monoisotopic (exact) mass is 422 g/mol. The van der Waals surface area contributed by atoms with Gasteiger partial charge < -0.3 is 14.2 Å². The molecule has 156 valence electrons. The minimum atomic E-state index is -0.646. The summed E-state index contributed by atoms with van der Waals surface area (Å²) in [5.41, 5.74) is -0.180. The predicted octanol–water partition coefficient (Wildman–Crippen LogP) is 2.36. The lowest BCUT2D eigenvalue weighted by atomic mass is 10.2. The standard InChI is InChI=1S/C17H22N6O5S/c1-20-5-7-21(8-6-20)4-2-3-16-18-19-17(28-16)29-12-13-9-14(22(24)25)11-15(10-13)23(26)27/h9-11H,2-8,12H2,1H3. The number of aryl methyl sites for hydroxylation is 1. The Bertz CT molecular complexity index is 835. The lowest BCUT2D eigenvalue weighted by Gasteiger charge is -2.32. The van der Waals surface area contributed by atoms with Crippen LogP contribution in [0.5, 0.6) is 0 Å². The first-order chi connectivity index (χ1) is 13.9. The van der Waals surface area contributed by atoms with Gasteiger partial charge in [-0.3, -0.25) is 20.2 Å². The van der Waals surface area contributed by atoms with Crippen molar-refractivity contribution >= 4 is 23.1 Å². The topological polar surface area (TPSA) is 132 Å². The molecule has 0 atom stereocenters. The molecule has 0 amide bonds. The van der Waals surface area contributed by atoms with Crippen LogP contribution in [0, 0.1) is 20.2 Å². The molecule has 1 aliphatic heterocycles. The van der Waals surface area contributed by atoms with Gasteiger partial charge in [-0.05, 0) is 25.6 Å².